The Hall–Kier alpha value is -2.21. The third-order valence-corrected chi connectivity index (χ3v) is 2.74. The quantitative estimate of drug-likeness (QED) is 0.816. The van der Waals surface area contributed by atoms with Gasteiger partial charge in [0.25, 0.3) is 0 Å². The molecule has 0 aliphatic carbocycles. The zero-order valence-electron chi connectivity index (χ0n) is 9.74. The fraction of sp³-hybridized carbons (Fsp3) is 0.0833. The molecule has 18 heavy (non-hydrogen) atoms. The second kappa shape index (κ2) is 4.97. The van der Waals surface area contributed by atoms with Crippen LogP contribution in [0, 0.1) is 0 Å². The summed E-state index contributed by atoms with van der Waals surface area (Å²) in [6.45, 7) is 0. The van der Waals surface area contributed by atoms with Gasteiger partial charge in [-0.25, -0.2) is 0 Å². The smallest absolute Gasteiger partial charge is 0.165 e. The lowest BCUT2D eigenvalue weighted by molar-refractivity contribution is 0.475. The Labute approximate surface area is 110 Å². The highest BCUT2D eigenvalue weighted by molar-refractivity contribution is 7.80. The molecule has 0 aliphatic heterocycles. The summed E-state index contributed by atoms with van der Waals surface area (Å²) >= 11 is 4.98. The topological polar surface area (TPSA) is 75.3 Å². The molecule has 0 spiro atoms. The molecule has 1 aromatic heterocycles. The summed E-state index contributed by atoms with van der Waals surface area (Å²) in [4.78, 5) is 2.08. The molecule has 0 fully saturated rings. The first kappa shape index (κ1) is 12.3. The van der Waals surface area contributed by atoms with Gasteiger partial charge in [0.05, 0.1) is 11.8 Å². The molecule has 3 N–H and O–H groups in total. The molecule has 0 bridgehead atoms. The summed E-state index contributed by atoms with van der Waals surface area (Å²) in [5.41, 5.74) is 7.17. The van der Waals surface area contributed by atoms with E-state index in [9.17, 15) is 5.11 Å². The van der Waals surface area contributed by atoms with E-state index in [4.69, 9.17) is 18.0 Å². The van der Waals surface area contributed by atoms with Crippen LogP contribution in [0.1, 0.15) is 5.56 Å². The number of phenols is 1. The summed E-state index contributed by atoms with van der Waals surface area (Å²) in [5, 5.41) is 17.1. The van der Waals surface area contributed by atoms with Crippen LogP contribution in [-0.2, 0) is 0 Å². The standard InChI is InChI=1S/C12H12N4OS/c1-16(8-2-4-9(17)5-3-8)12-10(11(13)18)6-7-14-15-12/h2-7,17H,1H3,(H2,13,18). The maximum atomic E-state index is 9.26. The normalized spacial score (nSPS) is 10.1. The zero-order valence-corrected chi connectivity index (χ0v) is 10.6. The van der Waals surface area contributed by atoms with Gasteiger partial charge in [-0.1, -0.05) is 12.2 Å². The van der Waals surface area contributed by atoms with Gasteiger partial charge >= 0.3 is 0 Å². The first-order chi connectivity index (χ1) is 8.59. The summed E-state index contributed by atoms with van der Waals surface area (Å²) in [6, 6.07) is 8.47. The molecule has 5 nitrogen and oxygen atoms in total. The van der Waals surface area contributed by atoms with E-state index in [1.54, 1.807) is 41.4 Å². The van der Waals surface area contributed by atoms with Gasteiger partial charge in [0.1, 0.15) is 10.7 Å². The fourth-order valence-electron chi connectivity index (χ4n) is 1.56. The Morgan fingerprint density at radius 3 is 2.56 bits per heavy atom. The van der Waals surface area contributed by atoms with Gasteiger partial charge in [-0.05, 0) is 30.3 Å². The van der Waals surface area contributed by atoms with E-state index in [0.29, 0.717) is 11.4 Å². The summed E-state index contributed by atoms with van der Waals surface area (Å²) in [6.07, 6.45) is 1.54. The largest absolute Gasteiger partial charge is 0.508 e. The number of anilines is 2. The monoisotopic (exact) mass is 260 g/mol. The van der Waals surface area contributed by atoms with Crippen molar-refractivity contribution in [3.05, 3.63) is 42.1 Å². The Morgan fingerprint density at radius 1 is 1.28 bits per heavy atom. The molecule has 0 aliphatic rings. The van der Waals surface area contributed by atoms with Crippen molar-refractivity contribution in [3.63, 3.8) is 0 Å². The van der Waals surface area contributed by atoms with E-state index < -0.39 is 0 Å². The minimum atomic E-state index is 0.209. The van der Waals surface area contributed by atoms with Crippen molar-refractivity contribution < 1.29 is 5.11 Å². The highest BCUT2D eigenvalue weighted by atomic mass is 32.1. The molecule has 1 aromatic carbocycles. The highest BCUT2D eigenvalue weighted by Gasteiger charge is 2.12. The Balaban J connectivity index is 2.42. The summed E-state index contributed by atoms with van der Waals surface area (Å²) < 4.78 is 0. The van der Waals surface area contributed by atoms with Crippen LogP contribution in [-0.4, -0.2) is 27.3 Å². The zero-order chi connectivity index (χ0) is 13.1. The molecule has 6 heteroatoms. The first-order valence-electron chi connectivity index (χ1n) is 5.24. The number of hydrogen-bond donors (Lipinski definition) is 2. The van der Waals surface area contributed by atoms with Gasteiger partial charge < -0.3 is 15.7 Å². The number of thiocarbonyl (C=S) groups is 1. The molecule has 1 heterocycles. The molecule has 0 amide bonds. The van der Waals surface area contributed by atoms with E-state index >= 15 is 0 Å². The van der Waals surface area contributed by atoms with Crippen LogP contribution in [0.3, 0.4) is 0 Å². The number of aromatic hydroxyl groups is 1. The van der Waals surface area contributed by atoms with Gasteiger partial charge in [0.15, 0.2) is 5.82 Å². The SMILES string of the molecule is CN(c1ccc(O)cc1)c1nnccc1C(N)=S. The number of aromatic nitrogens is 2. The van der Waals surface area contributed by atoms with Crippen LogP contribution < -0.4 is 10.6 Å². The van der Waals surface area contributed by atoms with E-state index in [1.165, 1.54) is 0 Å². The van der Waals surface area contributed by atoms with Crippen LogP contribution >= 0.6 is 12.2 Å². The second-order valence-corrected chi connectivity index (χ2v) is 4.15. The molecule has 0 saturated carbocycles. The van der Waals surface area contributed by atoms with Gasteiger partial charge in [-0.3, -0.25) is 0 Å². The van der Waals surface area contributed by atoms with E-state index in [2.05, 4.69) is 10.2 Å². The fourth-order valence-corrected chi connectivity index (χ4v) is 1.72. The highest BCUT2D eigenvalue weighted by Crippen LogP contribution is 2.25. The molecule has 2 aromatic rings. The number of nitrogens with zero attached hydrogens (tertiary/aromatic N) is 3. The van der Waals surface area contributed by atoms with Crippen molar-refractivity contribution in [3.8, 4) is 5.75 Å². The van der Waals surface area contributed by atoms with Gasteiger partial charge in [-0.2, -0.15) is 5.10 Å². The van der Waals surface area contributed by atoms with Crippen LogP contribution in [0.2, 0.25) is 0 Å². The van der Waals surface area contributed by atoms with Crippen LogP contribution in [0.25, 0.3) is 0 Å². The Kier molecular flexibility index (Phi) is 3.38. The second-order valence-electron chi connectivity index (χ2n) is 3.71. The van der Waals surface area contributed by atoms with E-state index in [-0.39, 0.29) is 10.7 Å². The average Bonchev–Trinajstić information content (AvgIpc) is 2.39. The lowest BCUT2D eigenvalue weighted by Crippen LogP contribution is -2.19. The van der Waals surface area contributed by atoms with Gasteiger partial charge in [0, 0.05) is 12.7 Å². The van der Waals surface area contributed by atoms with Crippen molar-refractivity contribution in [2.45, 2.75) is 0 Å². The van der Waals surface area contributed by atoms with E-state index in [1.807, 2.05) is 7.05 Å². The molecular formula is C12H12N4OS. The molecule has 92 valence electrons. The molecule has 0 atom stereocenters. The van der Waals surface area contributed by atoms with Gasteiger partial charge in [-0.15, -0.1) is 5.10 Å². The number of nitrogens with two attached hydrogens (primary N) is 1. The first-order valence-corrected chi connectivity index (χ1v) is 5.64. The van der Waals surface area contributed by atoms with Crippen LogP contribution in [0.15, 0.2) is 36.5 Å². The summed E-state index contributed by atoms with van der Waals surface area (Å²) in [7, 11) is 1.83. The predicted molar refractivity (Wildman–Crippen MR) is 74.1 cm³/mol. The number of hydrogen-bond acceptors (Lipinski definition) is 5. The third kappa shape index (κ3) is 2.38. The number of rotatable bonds is 3. The minimum absolute atomic E-state index is 0.209. The Bertz CT molecular complexity index is 571. The molecule has 2 rings (SSSR count). The number of benzene rings is 1. The third-order valence-electron chi connectivity index (χ3n) is 2.52. The summed E-state index contributed by atoms with van der Waals surface area (Å²) in [5.74, 6) is 0.788. The molecule has 0 saturated heterocycles. The van der Waals surface area contributed by atoms with Crippen molar-refractivity contribution >= 4 is 28.7 Å². The van der Waals surface area contributed by atoms with E-state index in [0.717, 1.165) is 5.69 Å². The van der Waals surface area contributed by atoms with Crippen molar-refractivity contribution in [2.24, 2.45) is 5.73 Å². The molecule has 0 unspecified atom stereocenters. The van der Waals surface area contributed by atoms with Crippen molar-refractivity contribution in [2.75, 3.05) is 11.9 Å². The molecule has 0 radical (unpaired) electrons. The number of phenolic OH excluding ortho intramolecular Hbond substituents is 1. The molecular weight excluding hydrogens is 248 g/mol. The van der Waals surface area contributed by atoms with Crippen LogP contribution in [0.5, 0.6) is 5.75 Å². The van der Waals surface area contributed by atoms with Gasteiger partial charge in [0.2, 0.25) is 0 Å². The lowest BCUT2D eigenvalue weighted by Gasteiger charge is -2.20. The maximum Gasteiger partial charge on any atom is 0.165 e. The van der Waals surface area contributed by atoms with Crippen LogP contribution in [0.4, 0.5) is 11.5 Å². The minimum Gasteiger partial charge on any atom is -0.508 e. The Morgan fingerprint density at radius 2 is 1.94 bits per heavy atom. The maximum absolute atomic E-state index is 9.26. The average molecular weight is 260 g/mol. The predicted octanol–water partition coefficient (Wildman–Crippen LogP) is 1.58. The van der Waals surface area contributed by atoms with Crippen molar-refractivity contribution in [1.29, 1.82) is 0 Å². The van der Waals surface area contributed by atoms with Crippen molar-refractivity contribution in [1.82, 2.24) is 10.2 Å². The lowest BCUT2D eigenvalue weighted by atomic mass is 10.2.